The Morgan fingerprint density at radius 1 is 0.355 bits per heavy atom. The second-order valence-corrected chi connectivity index (χ2v) is 48.1. The predicted octanol–water partition coefficient (Wildman–Crippen LogP) is 24.6. The summed E-state index contributed by atoms with van der Waals surface area (Å²) in [6.07, 6.45) is 14.5. The predicted molar refractivity (Wildman–Crippen MR) is 495 cm³/mol. The Balaban J connectivity index is 0.000000107. The first kappa shape index (κ1) is 85.0. The van der Waals surface area contributed by atoms with Crippen LogP contribution in [0.1, 0.15) is 35.4 Å². The van der Waals surface area contributed by atoms with Crippen LogP contribution >= 0.6 is 34.0 Å². The van der Waals surface area contributed by atoms with Crippen LogP contribution in [0.15, 0.2) is 274 Å². The first-order valence-corrected chi connectivity index (χ1v) is 53.1. The van der Waals surface area contributed by atoms with Crippen LogP contribution < -0.4 is 27.5 Å². The molecule has 2 aliphatic heterocycles. The Morgan fingerprint density at radius 3 is 0.919 bits per heavy atom. The van der Waals surface area contributed by atoms with E-state index in [1.165, 1.54) is 28.2 Å². The van der Waals surface area contributed by atoms with Crippen molar-refractivity contribution in [3.8, 4) is 107 Å². The van der Waals surface area contributed by atoms with Crippen LogP contribution in [-0.2, 0) is 49.9 Å². The number of hydrogen-bond donors (Lipinski definition) is 2. The van der Waals surface area contributed by atoms with E-state index < -0.39 is 18.4 Å². The molecule has 22 nitrogen and oxygen atoms in total. The fourth-order valence-electron chi connectivity index (χ4n) is 13.7. The van der Waals surface area contributed by atoms with Gasteiger partial charge in [0.15, 0.2) is 34.8 Å². The number of phenolic OH excluding ortho intramolecular Hbond substituents is 2. The van der Waals surface area contributed by atoms with Crippen LogP contribution in [0.5, 0.6) is 40.2 Å². The Morgan fingerprint density at radius 2 is 0.629 bits per heavy atom. The molecule has 2 aliphatic rings. The smallest absolute Gasteiger partial charge is 0.175 e. The average Bonchev–Trinajstić information content (AvgIpc) is 1.68. The van der Waals surface area contributed by atoms with Gasteiger partial charge in [-0.25, -0.2) is 15.0 Å². The normalized spacial score (nSPS) is 13.3. The van der Waals surface area contributed by atoms with Crippen molar-refractivity contribution in [2.75, 3.05) is 47.8 Å². The molecule has 2 saturated heterocycles. The van der Waals surface area contributed by atoms with Crippen molar-refractivity contribution in [2.45, 2.75) is 67.1 Å². The standard InChI is InChI=1S/C17H16O3S.C15H14N2O3.C15H14O2S.C14H12O2S.C13H12N2O2.C12H10N2O2.C9H7O2.3CH3.Sn/c1-2-12-6-7-17(21-12)16-8-13-14(19-10-11-9-18-11)4-3-5-15(13)20-16;1-17-6-5-16-15(17)14-7-11-12(19-9-10-8-18-10)3-2-4-13(11)20-14;1-3-10-7-8-15(18-10)14-9-11-12(16-2)5-4-6-13(11)17-14;1-2-9-6-7-14(17-9)13-8-10-11(15)4-3-5-12(10)16-13;1-15-7-6-14-13(15)12-8-9-10(16-2)4-3-5-11(9)17-12;1-14-6-5-13-12(14)11-7-8-9(15)3-2-4-10(8)16-11;1-10-8-3-2-4-9-7(8)5-6-11-9;;;;/h3-8,11H,2,9-10H2,1H3;2-7,10H,8-9H2,1H3;4-9H,3H2,1-2H3;3-8,15H,2H2,1H3;3-8H,1-2H3;2-7,15H,1H3;2-5H,1H3;3*1H3;/t11-;10-;;;;;;;;;/m00........./s1. The molecule has 0 saturated carbocycles. The summed E-state index contributed by atoms with van der Waals surface area (Å²) in [5.41, 5.74) is 5.68. The number of thiophene rings is 3. The summed E-state index contributed by atoms with van der Waals surface area (Å²) in [4.78, 5) is 27.3. The molecule has 0 unspecified atom stereocenters. The van der Waals surface area contributed by atoms with Crippen LogP contribution in [0, 0.1) is 0 Å². The molecule has 7 aromatic carbocycles. The van der Waals surface area contributed by atoms with Crippen molar-refractivity contribution < 1.29 is 74.3 Å². The monoisotopic (exact) mass is 1830 g/mol. The molecular formula is C98H94N6O16S3Sn. The van der Waals surface area contributed by atoms with Crippen LogP contribution in [-0.4, -0.2) is 117 Å². The summed E-state index contributed by atoms with van der Waals surface area (Å²) < 4.78 is 85.6. The largest absolute Gasteiger partial charge is 0.507 e. The van der Waals surface area contributed by atoms with E-state index >= 15 is 0 Å². The Kier molecular flexibility index (Phi) is 26.0. The molecule has 13 aromatic heterocycles. The van der Waals surface area contributed by atoms with E-state index in [1.54, 1.807) is 104 Å². The SMILES string of the molecule is CCc1ccc(-c2cc3c(O)cccc3o2)s1.CCc1ccc(-c2cc3c(OC)cccc3o2)s1.CCc1ccc(-c2cc3c(OC[C@@H]4CO4)cccc3o2)s1.COc1cccc2o[c]([Sn]([CH3])([CH3])[CH3])cc12.COc1cccc2oc(-c3nccn3C)cc12.Cn1ccnc1-c1cc2c(O)cccc2o1.Cn1ccnc1-c1cc2c(OC[C@@H]3CO3)cccc2o1. The van der Waals surface area contributed by atoms with Crippen molar-refractivity contribution >= 4 is 133 Å². The topological polar surface area (TPSA) is 257 Å². The third-order valence-corrected chi connectivity index (χ3v) is 29.3. The van der Waals surface area contributed by atoms with Gasteiger partial charge in [0.1, 0.15) is 111 Å². The maximum atomic E-state index is 9.73. The van der Waals surface area contributed by atoms with Gasteiger partial charge in [0, 0.05) is 73.0 Å². The Hall–Kier alpha value is -12.6. The number of hydrogen-bond acceptors (Lipinski definition) is 22. The van der Waals surface area contributed by atoms with Gasteiger partial charge in [-0.3, -0.25) is 0 Å². The van der Waals surface area contributed by atoms with E-state index in [0.717, 1.165) is 178 Å². The molecule has 0 amide bonds. The number of furan rings is 7. The molecule has 20 aromatic rings. The zero-order valence-electron chi connectivity index (χ0n) is 70.7. The third kappa shape index (κ3) is 19.5. The Bertz CT molecular complexity index is 6990. The molecule has 0 bridgehead atoms. The van der Waals surface area contributed by atoms with Gasteiger partial charge < -0.3 is 78.8 Å². The second kappa shape index (κ2) is 38.0. The Labute approximate surface area is 731 Å². The number of benzene rings is 7. The molecule has 15 heterocycles. The van der Waals surface area contributed by atoms with Crippen molar-refractivity contribution in [2.24, 2.45) is 21.1 Å². The van der Waals surface area contributed by atoms with E-state index in [4.69, 9.17) is 64.1 Å². The number of epoxide rings is 2. The molecular weight excluding hydrogens is 1730 g/mol. The number of ether oxygens (including phenoxy) is 7. The van der Waals surface area contributed by atoms with E-state index in [0.29, 0.717) is 29.9 Å². The molecule has 634 valence electrons. The number of phenols is 2. The maximum Gasteiger partial charge on any atom is 0.175 e. The number of aryl methyl sites for hydroxylation is 6. The third-order valence-electron chi connectivity index (χ3n) is 20.6. The van der Waals surface area contributed by atoms with Gasteiger partial charge in [-0.15, -0.1) is 34.0 Å². The van der Waals surface area contributed by atoms with Crippen LogP contribution in [0.4, 0.5) is 0 Å². The zero-order valence-corrected chi connectivity index (χ0v) is 76.0. The van der Waals surface area contributed by atoms with E-state index in [1.807, 2.05) is 175 Å². The molecule has 0 aliphatic carbocycles. The van der Waals surface area contributed by atoms with E-state index in [2.05, 4.69) is 105 Å². The molecule has 22 rings (SSSR count). The number of aromatic nitrogens is 6. The van der Waals surface area contributed by atoms with Crippen molar-refractivity contribution in [3.05, 3.63) is 258 Å². The molecule has 0 radical (unpaired) electrons. The summed E-state index contributed by atoms with van der Waals surface area (Å²) >= 11 is 3.20. The van der Waals surface area contributed by atoms with Gasteiger partial charge in [-0.05, 0) is 165 Å². The van der Waals surface area contributed by atoms with Crippen molar-refractivity contribution in [3.63, 3.8) is 0 Å². The van der Waals surface area contributed by atoms with Gasteiger partial charge in [-0.1, -0.05) is 57.2 Å². The summed E-state index contributed by atoms with van der Waals surface area (Å²) in [5, 5.41) is 26.0. The van der Waals surface area contributed by atoms with E-state index in [-0.39, 0.29) is 23.7 Å². The molecule has 2 atom stereocenters. The number of nitrogens with zero attached hydrogens (tertiary/aromatic N) is 6. The van der Waals surface area contributed by atoms with Gasteiger partial charge >= 0.3 is 94.2 Å². The number of imidazole rings is 3. The maximum absolute atomic E-state index is 9.73. The number of methoxy groups -OCH3 is 3. The first-order chi connectivity index (χ1) is 60.3. The van der Waals surface area contributed by atoms with Crippen molar-refractivity contribution in [1.82, 2.24) is 28.7 Å². The molecule has 2 fully saturated rings. The first-order valence-electron chi connectivity index (χ1n) is 40.7. The fourth-order valence-corrected chi connectivity index (χ4v) is 19.3. The van der Waals surface area contributed by atoms with Crippen molar-refractivity contribution in [1.29, 1.82) is 0 Å². The zero-order chi connectivity index (χ0) is 86.1. The van der Waals surface area contributed by atoms with Gasteiger partial charge in [0.2, 0.25) is 0 Å². The molecule has 2 N–H and O–H groups in total. The molecule has 0 spiro atoms. The minimum absolute atomic E-state index is 0.224. The molecule has 124 heavy (non-hydrogen) atoms. The second-order valence-electron chi connectivity index (χ2n) is 30.3. The minimum atomic E-state index is -2.09. The summed E-state index contributed by atoms with van der Waals surface area (Å²) in [5.74, 6) is 11.9. The average molecular weight is 1830 g/mol. The molecule has 26 heteroatoms. The summed E-state index contributed by atoms with van der Waals surface area (Å²) in [6, 6.07) is 66.5. The van der Waals surface area contributed by atoms with E-state index in [9.17, 15) is 10.2 Å². The van der Waals surface area contributed by atoms with Crippen LogP contribution in [0.25, 0.3) is 143 Å². The number of rotatable bonds is 19. The minimum Gasteiger partial charge on any atom is -0.507 e. The summed E-state index contributed by atoms with van der Waals surface area (Å²) in [6.45, 7) is 9.26. The van der Waals surface area contributed by atoms with Crippen LogP contribution in [0.3, 0.4) is 0 Å². The summed E-state index contributed by atoms with van der Waals surface area (Å²) in [7, 11) is 10.8. The van der Waals surface area contributed by atoms with Crippen LogP contribution in [0.2, 0.25) is 14.8 Å². The van der Waals surface area contributed by atoms with Gasteiger partial charge in [0.25, 0.3) is 0 Å². The number of aromatic hydroxyl groups is 2. The fraction of sp³-hybridized carbons (Fsp3) is 0.214. The van der Waals surface area contributed by atoms with Gasteiger partial charge in [-0.2, -0.15) is 0 Å². The number of fused-ring (bicyclic) bond motifs is 7. The quantitative estimate of drug-likeness (QED) is 0.0563. The van der Waals surface area contributed by atoms with Gasteiger partial charge in [0.05, 0.1) is 74.4 Å².